The number of benzene rings is 4. The summed E-state index contributed by atoms with van der Waals surface area (Å²) < 4.78 is 71.8. The van der Waals surface area contributed by atoms with Gasteiger partial charge in [0.05, 0.1) is 95.3 Å². The number of amides is 1. The van der Waals surface area contributed by atoms with Gasteiger partial charge in [-0.3, -0.25) is 24.4 Å². The minimum atomic E-state index is -4.67. The van der Waals surface area contributed by atoms with Crippen molar-refractivity contribution >= 4 is 182 Å². The second kappa shape index (κ2) is 46.9. The van der Waals surface area contributed by atoms with Crippen molar-refractivity contribution in [2.45, 2.75) is 264 Å². The van der Waals surface area contributed by atoms with Crippen LogP contribution in [0.3, 0.4) is 0 Å². The molecular weight excluding hydrogens is 2080 g/mol. The Labute approximate surface area is 898 Å². The Morgan fingerprint density at radius 1 is 0.459 bits per heavy atom. The van der Waals surface area contributed by atoms with Gasteiger partial charge in [0.25, 0.3) is 0 Å². The number of aryl methyl sites for hydroxylation is 1. The largest absolute Gasteiger partial charge is 0.437 e. The van der Waals surface area contributed by atoms with Gasteiger partial charge in [0, 0.05) is 88.7 Å². The quantitative estimate of drug-likeness (QED) is 0.0715. The topological polar surface area (TPSA) is 367 Å². The number of nitriles is 2. The number of alkyl halides is 3. The third-order valence-corrected chi connectivity index (χ3v) is 33.9. The molecule has 41 heteroatoms. The van der Waals surface area contributed by atoms with Gasteiger partial charge in [0.15, 0.2) is 39.7 Å². The number of carbonyl (C=O) groups excluding carboxylic acids is 3. The SMILES string of the molecule is CC1CC(c2cnc3c(C#N)nn(C(C)c4ccc(Cl)cc4Cl)c3n2)=CCC1N1CCCC1C.CC1CC(c2cnc3c(C#N)nn(C(C)c4ccc(Cl)cc4Cl)c3n2)=CCC1N1CCCC1C(O)CS(C)(=O)=O.CC1CC(c2cnc3c(C(F)(F)F)nn(C(C)c4ccc(Cl)cc4Cl)c3n2)=CCC1N1CCCC1C.Cc1nn(C(C)c2ccc(Cl)cc2Cl)c2nc(C3=CCC(N4CCCC4C(N)=O)C(C)C3)cnc12.O=C=O. The molecule has 0 saturated carbocycles. The minimum absolute atomic E-state index is 0.0854. The fourth-order valence-corrected chi connectivity index (χ4v) is 26.2. The molecule has 3 N–H and O–H groups in total. The number of fused-ring (bicyclic) bond motifs is 4. The highest BCUT2D eigenvalue weighted by atomic mass is 35.5. The van der Waals surface area contributed by atoms with Crippen LogP contribution in [0.1, 0.15) is 264 Å². The normalized spacial score (nSPS) is 23.6. The number of halogens is 11. The number of aliphatic hydroxyl groups excluding tert-OH is 1. The highest BCUT2D eigenvalue weighted by Crippen LogP contribution is 2.46. The van der Waals surface area contributed by atoms with Crippen molar-refractivity contribution in [3.63, 3.8) is 0 Å². The van der Waals surface area contributed by atoms with Crippen LogP contribution >= 0.6 is 92.8 Å². The molecule has 4 aliphatic carbocycles. The van der Waals surface area contributed by atoms with Gasteiger partial charge in [0.2, 0.25) is 5.91 Å². The second-order valence-corrected chi connectivity index (χ2v) is 46.1. The first-order valence-electron chi connectivity index (χ1n) is 50.1. The first-order valence-corrected chi connectivity index (χ1v) is 55.2. The van der Waals surface area contributed by atoms with E-state index in [0.29, 0.717) is 122 Å². The van der Waals surface area contributed by atoms with Crippen LogP contribution in [0.2, 0.25) is 40.2 Å². The van der Waals surface area contributed by atoms with Crippen molar-refractivity contribution in [2.24, 2.45) is 29.4 Å². The van der Waals surface area contributed by atoms with Crippen LogP contribution < -0.4 is 5.73 Å². The highest BCUT2D eigenvalue weighted by molar-refractivity contribution is 7.90. The predicted molar refractivity (Wildman–Crippen MR) is 572 cm³/mol. The molecule has 20 rings (SSSR count). The Kier molecular flexibility index (Phi) is 35.0. The lowest BCUT2D eigenvalue weighted by Crippen LogP contribution is -2.50. The molecule has 8 aromatic heterocycles. The van der Waals surface area contributed by atoms with Crippen LogP contribution in [0.4, 0.5) is 13.2 Å². The lowest BCUT2D eigenvalue weighted by atomic mass is 9.83. The number of hydrogen-bond acceptors (Lipinski definition) is 24. The summed E-state index contributed by atoms with van der Waals surface area (Å²) in [5.41, 5.74) is 20.0. The summed E-state index contributed by atoms with van der Waals surface area (Å²) in [4.78, 5) is 75.8. The van der Waals surface area contributed by atoms with Gasteiger partial charge in [-0.05, 0) is 294 Å². The van der Waals surface area contributed by atoms with E-state index in [2.05, 4.69) is 133 Å². The molecule has 12 aromatic rings. The number of hydrogen-bond donors (Lipinski definition) is 2. The van der Waals surface area contributed by atoms with Crippen LogP contribution in [-0.4, -0.2) is 217 Å². The van der Waals surface area contributed by atoms with E-state index in [4.69, 9.17) is 133 Å². The second-order valence-electron chi connectivity index (χ2n) is 40.5. The van der Waals surface area contributed by atoms with E-state index in [1.165, 1.54) is 60.5 Å². The maximum Gasteiger partial charge on any atom is 0.437 e. The van der Waals surface area contributed by atoms with Crippen molar-refractivity contribution in [1.82, 2.24) is 98.6 Å². The Hall–Kier alpha value is -10.3. The molecule has 1 amide bonds. The molecule has 4 aromatic carbocycles. The zero-order valence-electron chi connectivity index (χ0n) is 84.2. The van der Waals surface area contributed by atoms with Crippen molar-refractivity contribution in [1.29, 1.82) is 10.5 Å². The molecule has 29 nitrogen and oxygen atoms in total. The Morgan fingerprint density at radius 2 is 0.764 bits per heavy atom. The molecule has 8 aliphatic rings. The molecule has 780 valence electrons. The van der Waals surface area contributed by atoms with Crippen molar-refractivity contribution < 1.29 is 41.1 Å². The summed E-state index contributed by atoms with van der Waals surface area (Å²) in [7, 11) is -3.27. The average Bonchev–Trinajstić information content (AvgIpc) is 1.62. The van der Waals surface area contributed by atoms with E-state index in [9.17, 15) is 42.0 Å². The molecule has 12 heterocycles. The first kappa shape index (κ1) is 110. The number of carbonyl (C=O) groups is 1. The maximum absolute atomic E-state index is 13.9. The Bertz CT molecular complexity index is 7380. The summed E-state index contributed by atoms with van der Waals surface area (Å²) in [5.74, 6) is 1.17. The van der Waals surface area contributed by atoms with Gasteiger partial charge >= 0.3 is 12.3 Å². The molecule has 17 atom stereocenters. The number of rotatable bonds is 20. The minimum Gasteiger partial charge on any atom is -0.390 e. The van der Waals surface area contributed by atoms with E-state index >= 15 is 0 Å². The van der Waals surface area contributed by atoms with Gasteiger partial charge in [-0.2, -0.15) is 53.7 Å². The van der Waals surface area contributed by atoms with E-state index in [1.807, 2.05) is 62.8 Å². The third kappa shape index (κ3) is 24.0. The van der Waals surface area contributed by atoms with E-state index in [1.54, 1.807) is 77.2 Å². The number of primary amides is 1. The van der Waals surface area contributed by atoms with Gasteiger partial charge in [-0.25, -0.2) is 67.0 Å². The standard InChI is InChI=1S/C28H32Cl2N6O3S.C26H28Cl2F3N5.C26H30Cl2N6O.C26H28Cl2N6.CO2/c1-16-11-18(6-9-24(16)35-10-4-5-25(35)26(37)15-40(3,38)39)23-14-32-27-22(13-31)34-36(28(27)33-23)17(2)20-8-7-19(29)12-21(20)30;1-14-11-17(6-9-22(14)35-10-4-5-15(35)2)21-13-32-23-24(26(29,30)31)34-36(25(23)33-21)16(3)19-8-7-18(27)12-20(19)28;1-14-11-17(6-9-22(14)33-10-4-5-23(33)25(29)35)21-13-30-24-15(2)32-34(26(24)31-21)16(3)19-8-7-18(27)12-20(19)28;1-15-11-18(6-9-24(15)33-10-4-5-16(33)2)23-14-30-25-22(13-29)32-34(26(25)31-23)17(3)20-8-7-19(27)12-21(20)28;2-1-3/h6-8,12,14,16-17,24-26,37H,4-5,9-11,15H2,1-3H3;6-8,12-16,22H,4-5,9-11H2,1-3H3;6-8,12-14,16,22-23H,4-5,9-11H2,1-3H3,(H2,29,35);6-8,12,14-17,24H,4-5,9-11H2,1-3H3;. The summed E-state index contributed by atoms with van der Waals surface area (Å²) >= 11 is 50.1. The van der Waals surface area contributed by atoms with Gasteiger partial charge in [-0.1, -0.05) is 169 Å². The van der Waals surface area contributed by atoms with Crippen LogP contribution in [-0.2, 0) is 30.4 Å². The van der Waals surface area contributed by atoms with Crippen molar-refractivity contribution in [3.8, 4) is 12.1 Å². The molecule has 4 fully saturated rings. The van der Waals surface area contributed by atoms with Crippen LogP contribution in [0.5, 0.6) is 0 Å². The first-order chi connectivity index (χ1) is 70.5. The number of aliphatic hydroxyl groups is 1. The summed E-state index contributed by atoms with van der Waals surface area (Å²) in [5, 5.41) is 51.9. The zero-order chi connectivity index (χ0) is 106. The van der Waals surface area contributed by atoms with Gasteiger partial charge in [0.1, 0.15) is 44.0 Å². The number of aromatic nitrogens is 16. The van der Waals surface area contributed by atoms with E-state index < -0.39 is 33.9 Å². The number of sulfone groups is 1. The number of nitrogens with two attached hydrogens (primary N) is 1. The Morgan fingerprint density at radius 3 is 1.09 bits per heavy atom. The maximum atomic E-state index is 13.9. The summed E-state index contributed by atoms with van der Waals surface area (Å²) in [6.45, 7) is 27.4. The average molecular weight is 2190 g/mol. The van der Waals surface area contributed by atoms with E-state index in [0.717, 1.165) is 158 Å². The monoisotopic (exact) mass is 2190 g/mol. The molecule has 0 spiro atoms. The molecule has 0 radical (unpaired) electrons. The molecular formula is C107H118Cl8F3N23O6S. The van der Waals surface area contributed by atoms with Crippen LogP contribution in [0, 0.1) is 53.3 Å². The van der Waals surface area contributed by atoms with Gasteiger partial charge < -0.3 is 10.8 Å². The zero-order valence-corrected chi connectivity index (χ0v) is 91.0. The summed E-state index contributed by atoms with van der Waals surface area (Å²) in [6, 6.07) is 26.6. The molecule has 4 saturated heterocycles. The van der Waals surface area contributed by atoms with Crippen molar-refractivity contribution in [3.05, 3.63) is 230 Å². The van der Waals surface area contributed by atoms with Crippen molar-refractivity contribution in [2.75, 3.05) is 38.2 Å². The number of nitrogens with zero attached hydrogens (tertiary/aromatic N) is 22. The van der Waals surface area contributed by atoms with Gasteiger partial charge in [-0.15, -0.1) is 0 Å². The lowest BCUT2D eigenvalue weighted by Gasteiger charge is -2.40. The Balaban J connectivity index is 0.000000140. The summed E-state index contributed by atoms with van der Waals surface area (Å²) in [6.07, 6.45) is 27.2. The smallest absolute Gasteiger partial charge is 0.390 e. The molecule has 148 heavy (non-hydrogen) atoms. The number of allylic oxidation sites excluding steroid dienone is 4. The molecule has 17 unspecified atom stereocenters. The highest BCUT2D eigenvalue weighted by Gasteiger charge is 2.45. The fourth-order valence-electron chi connectivity index (χ4n) is 23.1. The fraction of sp³-hybridized carbons (Fsp3) is 0.477. The van der Waals surface area contributed by atoms with Crippen LogP contribution in [0.15, 0.2) is 122 Å². The molecule has 4 aliphatic heterocycles. The predicted octanol–water partition coefficient (Wildman–Crippen LogP) is 23.0. The third-order valence-electron chi connectivity index (χ3n) is 30.7. The number of likely N-dealkylation sites (tertiary alicyclic amines) is 4. The van der Waals surface area contributed by atoms with Crippen LogP contribution in [0.25, 0.3) is 66.9 Å². The molecule has 0 bridgehead atoms. The van der Waals surface area contributed by atoms with E-state index in [-0.39, 0.29) is 82.5 Å². The lowest BCUT2D eigenvalue weighted by molar-refractivity contribution is -0.191.